The number of hydrogen-bond acceptors (Lipinski definition) is 4. The van der Waals surface area contributed by atoms with Gasteiger partial charge in [-0.1, -0.05) is 6.42 Å². The van der Waals surface area contributed by atoms with Crippen LogP contribution in [0, 0.1) is 17.8 Å². The molecule has 22 heavy (non-hydrogen) atoms. The van der Waals surface area contributed by atoms with Gasteiger partial charge in [-0.3, -0.25) is 4.79 Å². The van der Waals surface area contributed by atoms with Crippen LogP contribution in [0.1, 0.15) is 32.1 Å². The zero-order chi connectivity index (χ0) is 15.9. The van der Waals surface area contributed by atoms with Crippen molar-refractivity contribution in [2.24, 2.45) is 22.7 Å². The van der Waals surface area contributed by atoms with Crippen molar-refractivity contribution in [3.8, 4) is 0 Å². The molecule has 1 aliphatic carbocycles. The zero-order valence-corrected chi connectivity index (χ0v) is 12.7. The van der Waals surface area contributed by atoms with E-state index in [4.69, 9.17) is 5.11 Å². The van der Waals surface area contributed by atoms with E-state index in [9.17, 15) is 14.4 Å². The highest BCUT2D eigenvalue weighted by molar-refractivity contribution is 5.77. The summed E-state index contributed by atoms with van der Waals surface area (Å²) in [4.78, 5) is 38.4. The van der Waals surface area contributed by atoms with Gasteiger partial charge in [-0.25, -0.2) is 14.6 Å². The Kier molecular flexibility index (Phi) is 5.95. The average Bonchev–Trinajstić information content (AvgIpc) is 3.01. The van der Waals surface area contributed by atoms with Gasteiger partial charge in [0.25, 0.3) is 0 Å². The molecule has 2 rings (SSSR count). The Balaban J connectivity index is 1.72. The number of carboxylic acid groups (broad SMARTS) is 1. The molecule has 1 aliphatic heterocycles. The summed E-state index contributed by atoms with van der Waals surface area (Å²) in [6, 6.07) is -0.170. The predicted octanol–water partition coefficient (Wildman–Crippen LogP) is 1.24. The number of rotatable bonds is 5. The van der Waals surface area contributed by atoms with E-state index in [-0.39, 0.29) is 6.03 Å². The molecule has 0 aromatic rings. The van der Waals surface area contributed by atoms with Crippen LogP contribution in [0.15, 0.2) is 4.99 Å². The highest BCUT2D eigenvalue weighted by Crippen LogP contribution is 2.28. The molecule has 2 N–H and O–H groups in total. The van der Waals surface area contributed by atoms with E-state index in [1.165, 1.54) is 0 Å². The van der Waals surface area contributed by atoms with E-state index in [0.717, 1.165) is 25.7 Å². The summed E-state index contributed by atoms with van der Waals surface area (Å²) in [5, 5.41) is 11.9. The highest BCUT2D eigenvalue weighted by atomic mass is 16.4. The number of amides is 2. The van der Waals surface area contributed by atoms with Crippen molar-refractivity contribution < 1.29 is 19.5 Å². The van der Waals surface area contributed by atoms with Gasteiger partial charge in [-0.15, -0.1) is 0 Å². The van der Waals surface area contributed by atoms with Crippen molar-refractivity contribution in [2.45, 2.75) is 32.1 Å². The maximum absolute atomic E-state index is 12.1. The lowest BCUT2D eigenvalue weighted by molar-refractivity contribution is -0.141. The summed E-state index contributed by atoms with van der Waals surface area (Å²) in [5.74, 6) is -0.463. The van der Waals surface area contributed by atoms with Gasteiger partial charge >= 0.3 is 12.0 Å². The molecular formula is C15H23N3O4. The minimum absolute atomic E-state index is 0.170. The van der Waals surface area contributed by atoms with Crippen molar-refractivity contribution in [3.63, 3.8) is 0 Å². The van der Waals surface area contributed by atoms with Crippen LogP contribution >= 0.6 is 0 Å². The van der Waals surface area contributed by atoms with Crippen molar-refractivity contribution in [2.75, 3.05) is 26.2 Å². The van der Waals surface area contributed by atoms with Gasteiger partial charge < -0.3 is 15.3 Å². The number of hydrogen-bond donors (Lipinski definition) is 2. The normalized spacial score (nSPS) is 28.0. The molecule has 7 nitrogen and oxygen atoms in total. The topological polar surface area (TPSA) is 99.1 Å². The first kappa shape index (κ1) is 16.5. The molecule has 2 fully saturated rings. The number of carboxylic acids is 1. The lowest BCUT2D eigenvalue weighted by Gasteiger charge is -2.28. The first-order valence-corrected chi connectivity index (χ1v) is 7.89. The molecule has 3 atom stereocenters. The summed E-state index contributed by atoms with van der Waals surface area (Å²) in [7, 11) is 0. The Morgan fingerprint density at radius 1 is 1.27 bits per heavy atom. The highest BCUT2D eigenvalue weighted by Gasteiger charge is 2.31. The SMILES string of the molecule is O=C=NCC1CCCC(CNC(=O)N2CCC(C(=O)O)C2)C1. The molecule has 0 spiro atoms. The van der Waals surface area contributed by atoms with E-state index in [0.29, 0.717) is 44.4 Å². The fraction of sp³-hybridized carbons (Fsp3) is 0.800. The van der Waals surface area contributed by atoms with Gasteiger partial charge in [0, 0.05) is 19.6 Å². The van der Waals surface area contributed by atoms with Gasteiger partial charge in [0.1, 0.15) is 0 Å². The minimum atomic E-state index is -0.832. The summed E-state index contributed by atoms with van der Waals surface area (Å²) in [6.07, 6.45) is 6.30. The second kappa shape index (κ2) is 7.94. The molecule has 0 bridgehead atoms. The van der Waals surface area contributed by atoms with Crippen molar-refractivity contribution in [1.29, 1.82) is 0 Å². The van der Waals surface area contributed by atoms with Crippen LogP contribution in [0.2, 0.25) is 0 Å². The fourth-order valence-electron chi connectivity index (χ4n) is 3.41. The molecule has 122 valence electrons. The van der Waals surface area contributed by atoms with Crippen molar-refractivity contribution >= 4 is 18.1 Å². The zero-order valence-electron chi connectivity index (χ0n) is 12.7. The number of carbonyl (C=O) groups excluding carboxylic acids is 2. The Morgan fingerprint density at radius 2 is 2.05 bits per heavy atom. The maximum Gasteiger partial charge on any atom is 0.317 e. The Labute approximate surface area is 129 Å². The summed E-state index contributed by atoms with van der Waals surface area (Å²) < 4.78 is 0. The van der Waals surface area contributed by atoms with Crippen LogP contribution in [-0.2, 0) is 9.59 Å². The molecule has 7 heteroatoms. The molecular weight excluding hydrogens is 286 g/mol. The molecule has 2 aliphatic rings. The number of nitrogens with one attached hydrogen (secondary N) is 1. The largest absolute Gasteiger partial charge is 0.481 e. The molecule has 0 aromatic heterocycles. The number of aliphatic carboxylic acids is 1. The lowest BCUT2D eigenvalue weighted by atomic mass is 9.81. The van der Waals surface area contributed by atoms with Crippen LogP contribution in [0.3, 0.4) is 0 Å². The Hall–Kier alpha value is -1.88. The smallest absolute Gasteiger partial charge is 0.317 e. The quantitative estimate of drug-likeness (QED) is 0.589. The van der Waals surface area contributed by atoms with E-state index >= 15 is 0 Å². The molecule has 3 unspecified atom stereocenters. The lowest BCUT2D eigenvalue weighted by Crippen LogP contribution is -2.41. The number of urea groups is 1. The van der Waals surface area contributed by atoms with Crippen molar-refractivity contribution in [1.82, 2.24) is 10.2 Å². The Morgan fingerprint density at radius 3 is 2.73 bits per heavy atom. The monoisotopic (exact) mass is 309 g/mol. The number of carbonyl (C=O) groups is 2. The number of aliphatic imine (C=N–C) groups is 1. The molecule has 2 amide bonds. The number of nitrogens with zero attached hydrogens (tertiary/aromatic N) is 2. The van der Waals surface area contributed by atoms with Crippen LogP contribution < -0.4 is 5.32 Å². The molecule has 1 saturated carbocycles. The fourth-order valence-corrected chi connectivity index (χ4v) is 3.41. The summed E-state index contributed by atoms with van der Waals surface area (Å²) >= 11 is 0. The van der Waals surface area contributed by atoms with E-state index in [1.54, 1.807) is 11.0 Å². The summed E-state index contributed by atoms with van der Waals surface area (Å²) in [6.45, 7) is 1.93. The first-order chi connectivity index (χ1) is 10.6. The van der Waals surface area contributed by atoms with Crippen LogP contribution in [0.5, 0.6) is 0 Å². The first-order valence-electron chi connectivity index (χ1n) is 7.89. The molecule has 1 heterocycles. The second-order valence-corrected chi connectivity index (χ2v) is 6.29. The number of likely N-dealkylation sites (tertiary alicyclic amines) is 1. The van der Waals surface area contributed by atoms with Gasteiger partial charge in [-0.2, -0.15) is 0 Å². The predicted molar refractivity (Wildman–Crippen MR) is 79.2 cm³/mol. The third-order valence-corrected chi connectivity index (χ3v) is 4.67. The van der Waals surface area contributed by atoms with E-state index in [2.05, 4.69) is 10.3 Å². The maximum atomic E-state index is 12.1. The van der Waals surface area contributed by atoms with E-state index < -0.39 is 11.9 Å². The van der Waals surface area contributed by atoms with Crippen LogP contribution in [0.4, 0.5) is 4.79 Å². The van der Waals surface area contributed by atoms with Crippen LogP contribution in [-0.4, -0.2) is 54.3 Å². The second-order valence-electron chi connectivity index (χ2n) is 6.29. The standard InChI is InChI=1S/C15H23N3O4/c19-10-16-7-11-2-1-3-12(6-11)8-17-15(22)18-5-4-13(9-18)14(20)21/h11-13H,1-9H2,(H,17,22)(H,20,21). The van der Waals surface area contributed by atoms with Gasteiger partial charge in [-0.05, 0) is 37.5 Å². The van der Waals surface area contributed by atoms with Crippen LogP contribution in [0.25, 0.3) is 0 Å². The summed E-state index contributed by atoms with van der Waals surface area (Å²) in [5.41, 5.74) is 0. The van der Waals surface area contributed by atoms with Gasteiger partial charge in [0.2, 0.25) is 6.08 Å². The Bertz CT molecular complexity index is 462. The van der Waals surface area contributed by atoms with Gasteiger partial charge in [0.05, 0.1) is 12.5 Å². The van der Waals surface area contributed by atoms with E-state index in [1.807, 2.05) is 0 Å². The third kappa shape index (κ3) is 4.56. The molecule has 1 saturated heterocycles. The third-order valence-electron chi connectivity index (χ3n) is 4.67. The average molecular weight is 309 g/mol. The van der Waals surface area contributed by atoms with Gasteiger partial charge in [0.15, 0.2) is 0 Å². The molecule has 0 aromatic carbocycles. The minimum Gasteiger partial charge on any atom is -0.481 e. The number of isocyanates is 1. The molecule has 0 radical (unpaired) electrons. The van der Waals surface area contributed by atoms with Crippen molar-refractivity contribution in [3.05, 3.63) is 0 Å².